The van der Waals surface area contributed by atoms with Crippen LogP contribution in [0.1, 0.15) is 5.69 Å². The Morgan fingerprint density at radius 1 is 1.00 bits per heavy atom. The molecule has 3 aromatic heterocycles. The first-order valence-electron chi connectivity index (χ1n) is 7.75. The minimum absolute atomic E-state index is 0.539. The van der Waals surface area contributed by atoms with Crippen molar-refractivity contribution in [3.05, 3.63) is 54.7 Å². The van der Waals surface area contributed by atoms with Crippen molar-refractivity contribution in [2.75, 3.05) is 31.1 Å². The Morgan fingerprint density at radius 3 is 2.65 bits per heavy atom. The molecule has 1 aliphatic heterocycles. The smallest absolute Gasteiger partial charge is 0.263 e. The maximum Gasteiger partial charge on any atom is 0.263 e. The Kier molecular flexibility index (Phi) is 3.81. The van der Waals surface area contributed by atoms with E-state index in [1.807, 2.05) is 30.5 Å². The molecule has 0 amide bonds. The molecule has 4 rings (SSSR count). The van der Waals surface area contributed by atoms with Crippen molar-refractivity contribution >= 4 is 5.82 Å². The number of hydrogen-bond acceptors (Lipinski definition) is 6. The zero-order valence-electron chi connectivity index (χ0n) is 12.8. The Hall–Kier alpha value is -2.60. The van der Waals surface area contributed by atoms with Gasteiger partial charge in [0.1, 0.15) is 12.1 Å². The minimum atomic E-state index is 0.539. The Morgan fingerprint density at radius 2 is 1.91 bits per heavy atom. The third-order valence-electron chi connectivity index (χ3n) is 4.01. The van der Waals surface area contributed by atoms with Crippen molar-refractivity contribution in [1.82, 2.24) is 14.9 Å². The second kappa shape index (κ2) is 6.26. The minimum Gasteiger partial charge on any atom is -0.459 e. The monoisotopic (exact) mass is 310 g/mol. The highest BCUT2D eigenvalue weighted by Crippen LogP contribution is 2.20. The molecule has 4 heterocycles. The maximum atomic E-state index is 5.49. The normalized spacial score (nSPS) is 15.9. The molecule has 0 unspecified atom stereocenters. The summed E-state index contributed by atoms with van der Waals surface area (Å²) in [7, 11) is 0. The lowest BCUT2D eigenvalue weighted by molar-refractivity contribution is 0.246. The van der Waals surface area contributed by atoms with Gasteiger partial charge >= 0.3 is 0 Å². The van der Waals surface area contributed by atoms with Gasteiger partial charge in [-0.2, -0.15) is 0 Å². The largest absolute Gasteiger partial charge is 0.459 e. The Labute approximate surface area is 134 Å². The van der Waals surface area contributed by atoms with Gasteiger partial charge in [-0.3, -0.25) is 4.90 Å². The van der Waals surface area contributed by atoms with Crippen molar-refractivity contribution in [2.24, 2.45) is 0 Å². The van der Waals surface area contributed by atoms with E-state index in [1.165, 1.54) is 0 Å². The Bertz CT molecular complexity index is 731. The van der Waals surface area contributed by atoms with Crippen molar-refractivity contribution in [2.45, 2.75) is 6.54 Å². The average molecular weight is 310 g/mol. The van der Waals surface area contributed by atoms with E-state index in [2.05, 4.69) is 25.8 Å². The van der Waals surface area contributed by atoms with Crippen LogP contribution in [0.25, 0.3) is 11.7 Å². The first kappa shape index (κ1) is 14.0. The fraction of sp³-hybridized carbons (Fsp3) is 0.294. The van der Waals surface area contributed by atoms with Crippen molar-refractivity contribution < 1.29 is 8.83 Å². The van der Waals surface area contributed by atoms with Gasteiger partial charge in [-0.05, 0) is 24.3 Å². The van der Waals surface area contributed by atoms with E-state index in [0.717, 1.165) is 44.2 Å². The zero-order valence-corrected chi connectivity index (χ0v) is 12.8. The summed E-state index contributed by atoms with van der Waals surface area (Å²) >= 11 is 0. The second-order valence-electron chi connectivity index (χ2n) is 5.57. The molecule has 1 aliphatic rings. The predicted molar refractivity (Wildman–Crippen MR) is 85.9 cm³/mol. The van der Waals surface area contributed by atoms with E-state index >= 15 is 0 Å². The van der Waals surface area contributed by atoms with E-state index in [0.29, 0.717) is 11.7 Å². The van der Waals surface area contributed by atoms with Crippen LogP contribution in [-0.2, 0) is 6.54 Å². The van der Waals surface area contributed by atoms with Gasteiger partial charge in [-0.25, -0.2) is 9.97 Å². The fourth-order valence-corrected chi connectivity index (χ4v) is 2.80. The molecule has 23 heavy (non-hydrogen) atoms. The van der Waals surface area contributed by atoms with Gasteiger partial charge in [-0.1, -0.05) is 6.07 Å². The molecule has 118 valence electrons. The summed E-state index contributed by atoms with van der Waals surface area (Å²) < 4.78 is 10.8. The van der Waals surface area contributed by atoms with Crippen LogP contribution >= 0.6 is 0 Å². The summed E-state index contributed by atoms with van der Waals surface area (Å²) in [4.78, 5) is 13.6. The van der Waals surface area contributed by atoms with E-state index < -0.39 is 0 Å². The average Bonchev–Trinajstić information content (AvgIpc) is 3.28. The quantitative estimate of drug-likeness (QED) is 0.738. The van der Waals surface area contributed by atoms with E-state index in [-0.39, 0.29) is 0 Å². The van der Waals surface area contributed by atoms with Crippen LogP contribution < -0.4 is 4.90 Å². The summed E-state index contributed by atoms with van der Waals surface area (Å²) in [6.07, 6.45) is 5.17. The Balaban J connectivity index is 1.35. The van der Waals surface area contributed by atoms with Crippen LogP contribution in [0.3, 0.4) is 0 Å². The topological polar surface area (TPSA) is 58.5 Å². The molecule has 0 bridgehead atoms. The van der Waals surface area contributed by atoms with Crippen LogP contribution in [0.15, 0.2) is 57.9 Å². The third-order valence-corrected chi connectivity index (χ3v) is 4.01. The first-order chi connectivity index (χ1) is 11.4. The van der Waals surface area contributed by atoms with Gasteiger partial charge < -0.3 is 13.7 Å². The maximum absolute atomic E-state index is 5.49. The molecule has 0 spiro atoms. The molecular weight excluding hydrogens is 292 g/mol. The fourth-order valence-electron chi connectivity index (χ4n) is 2.80. The summed E-state index contributed by atoms with van der Waals surface area (Å²) in [5.74, 6) is 2.25. The molecule has 6 nitrogen and oxygen atoms in total. The molecule has 1 fully saturated rings. The number of pyridine rings is 1. The second-order valence-corrected chi connectivity index (χ2v) is 5.57. The van der Waals surface area contributed by atoms with Gasteiger partial charge in [0.05, 0.1) is 12.0 Å². The van der Waals surface area contributed by atoms with Gasteiger partial charge in [-0.15, -0.1) is 0 Å². The summed E-state index contributed by atoms with van der Waals surface area (Å²) in [5, 5.41) is 0. The molecule has 0 N–H and O–H groups in total. The van der Waals surface area contributed by atoms with E-state index in [9.17, 15) is 0 Å². The number of rotatable bonds is 4. The van der Waals surface area contributed by atoms with Crippen molar-refractivity contribution in [3.63, 3.8) is 0 Å². The lowest BCUT2D eigenvalue weighted by Gasteiger charge is -2.34. The number of hydrogen-bond donors (Lipinski definition) is 0. The molecule has 0 aliphatic carbocycles. The van der Waals surface area contributed by atoms with Crippen LogP contribution in [0.5, 0.6) is 0 Å². The van der Waals surface area contributed by atoms with Crippen LogP contribution in [0.4, 0.5) is 5.82 Å². The molecule has 6 heteroatoms. The number of piperazine rings is 1. The first-order valence-corrected chi connectivity index (χ1v) is 7.75. The lowest BCUT2D eigenvalue weighted by Crippen LogP contribution is -2.46. The van der Waals surface area contributed by atoms with Gasteiger partial charge in [0, 0.05) is 38.9 Å². The standard InChI is InChI=1S/C17H18N4O2/c1-2-6-18-16(5-1)21-9-7-20(8-10-21)12-14-13-23-17(19-14)15-4-3-11-22-15/h1-6,11,13H,7-10,12H2. The van der Waals surface area contributed by atoms with Crippen LogP contribution in [-0.4, -0.2) is 41.0 Å². The third kappa shape index (κ3) is 3.12. The predicted octanol–water partition coefficient (Wildman–Crippen LogP) is 2.65. The summed E-state index contributed by atoms with van der Waals surface area (Å²) in [5.41, 5.74) is 0.933. The zero-order chi connectivity index (χ0) is 15.5. The van der Waals surface area contributed by atoms with Crippen LogP contribution in [0, 0.1) is 0 Å². The molecule has 0 aromatic carbocycles. The highest BCUT2D eigenvalue weighted by Gasteiger charge is 2.19. The van der Waals surface area contributed by atoms with Gasteiger partial charge in [0.15, 0.2) is 5.76 Å². The molecular formula is C17H18N4O2. The number of anilines is 1. The SMILES string of the molecule is c1ccc(N2CCN(Cc3coc(-c4ccco4)n3)CC2)nc1. The number of nitrogens with zero attached hydrogens (tertiary/aromatic N) is 4. The number of furan rings is 1. The molecule has 0 saturated carbocycles. The summed E-state index contributed by atoms with van der Waals surface area (Å²) in [6, 6.07) is 9.71. The van der Waals surface area contributed by atoms with Gasteiger partial charge in [0.2, 0.25) is 0 Å². The lowest BCUT2D eigenvalue weighted by atomic mass is 10.3. The van der Waals surface area contributed by atoms with Gasteiger partial charge in [0.25, 0.3) is 5.89 Å². The highest BCUT2D eigenvalue weighted by molar-refractivity contribution is 5.43. The molecule has 1 saturated heterocycles. The molecule has 0 atom stereocenters. The number of aromatic nitrogens is 2. The number of oxazole rings is 1. The van der Waals surface area contributed by atoms with E-state index in [4.69, 9.17) is 8.83 Å². The highest BCUT2D eigenvalue weighted by atomic mass is 16.4. The van der Waals surface area contributed by atoms with E-state index in [1.54, 1.807) is 12.5 Å². The molecule has 3 aromatic rings. The van der Waals surface area contributed by atoms with Crippen molar-refractivity contribution in [3.8, 4) is 11.7 Å². The van der Waals surface area contributed by atoms with Crippen LogP contribution in [0.2, 0.25) is 0 Å². The van der Waals surface area contributed by atoms with Crippen molar-refractivity contribution in [1.29, 1.82) is 0 Å². The molecule has 0 radical (unpaired) electrons. The summed E-state index contributed by atoms with van der Waals surface area (Å²) in [6.45, 7) is 4.71.